The number of aryl methyl sites for hydroxylation is 1. The summed E-state index contributed by atoms with van der Waals surface area (Å²) in [4.78, 5) is 10.9. The van der Waals surface area contributed by atoms with Gasteiger partial charge in [0.1, 0.15) is 5.56 Å². The Labute approximate surface area is 107 Å². The minimum Gasteiger partial charge on any atom is -0.478 e. The molecule has 1 heterocycles. The van der Waals surface area contributed by atoms with Crippen LogP contribution < -0.4 is 0 Å². The van der Waals surface area contributed by atoms with Crippen LogP contribution in [0, 0.1) is 6.92 Å². The fourth-order valence-electron chi connectivity index (χ4n) is 1.43. The predicted molar refractivity (Wildman–Crippen MR) is 65.3 cm³/mol. The predicted octanol–water partition coefficient (Wildman–Crippen LogP) is 3.19. The summed E-state index contributed by atoms with van der Waals surface area (Å²) < 4.78 is 1.46. The lowest BCUT2D eigenvalue weighted by molar-refractivity contribution is 0.0696. The van der Waals surface area contributed by atoms with Crippen molar-refractivity contribution in [3.05, 3.63) is 45.7 Å². The second-order valence-corrected chi connectivity index (χ2v) is 4.29. The van der Waals surface area contributed by atoms with E-state index < -0.39 is 5.97 Å². The van der Waals surface area contributed by atoms with Crippen molar-refractivity contribution in [1.29, 1.82) is 0 Å². The minimum absolute atomic E-state index is 0.163. The summed E-state index contributed by atoms with van der Waals surface area (Å²) in [5.74, 6) is -1.01. The van der Waals surface area contributed by atoms with Crippen molar-refractivity contribution < 1.29 is 9.90 Å². The van der Waals surface area contributed by atoms with Crippen molar-refractivity contribution in [3.8, 4) is 5.69 Å². The third-order valence-electron chi connectivity index (χ3n) is 2.30. The van der Waals surface area contributed by atoms with Crippen LogP contribution in [0.4, 0.5) is 0 Å². The molecule has 88 valence electrons. The first-order chi connectivity index (χ1) is 7.99. The number of carboxylic acids is 1. The van der Waals surface area contributed by atoms with Gasteiger partial charge in [-0.05, 0) is 25.1 Å². The molecule has 4 nitrogen and oxygen atoms in total. The molecule has 0 spiro atoms. The second-order valence-electron chi connectivity index (χ2n) is 3.48. The summed E-state index contributed by atoms with van der Waals surface area (Å²) in [6.07, 6.45) is 1.44. The van der Waals surface area contributed by atoms with Crippen molar-refractivity contribution in [1.82, 2.24) is 9.78 Å². The lowest BCUT2D eigenvalue weighted by atomic mass is 10.3. The number of rotatable bonds is 2. The van der Waals surface area contributed by atoms with Gasteiger partial charge in [0.2, 0.25) is 0 Å². The highest BCUT2D eigenvalue weighted by molar-refractivity contribution is 6.42. The second kappa shape index (κ2) is 4.39. The number of benzene rings is 1. The smallest absolute Gasteiger partial charge is 0.339 e. The third-order valence-corrected chi connectivity index (χ3v) is 3.04. The third kappa shape index (κ3) is 2.28. The number of halogens is 2. The molecule has 1 aromatic heterocycles. The molecule has 0 saturated carbocycles. The Kier molecular flexibility index (Phi) is 3.09. The molecule has 1 N–H and O–H groups in total. The highest BCUT2D eigenvalue weighted by Crippen LogP contribution is 2.24. The molecule has 0 aliphatic rings. The number of hydrogen-bond acceptors (Lipinski definition) is 2. The molecule has 0 bridgehead atoms. The molecule has 2 rings (SSSR count). The minimum atomic E-state index is -1.01. The Morgan fingerprint density at radius 2 is 2.06 bits per heavy atom. The molecule has 0 fully saturated rings. The first kappa shape index (κ1) is 12.0. The van der Waals surface area contributed by atoms with Gasteiger partial charge in [0.25, 0.3) is 0 Å². The summed E-state index contributed by atoms with van der Waals surface area (Å²) in [7, 11) is 0. The van der Waals surface area contributed by atoms with Crippen LogP contribution in [0.1, 0.15) is 16.1 Å². The maximum atomic E-state index is 10.9. The normalized spacial score (nSPS) is 10.5. The quantitative estimate of drug-likeness (QED) is 0.912. The van der Waals surface area contributed by atoms with E-state index in [1.54, 1.807) is 25.1 Å². The molecule has 0 aliphatic carbocycles. The highest BCUT2D eigenvalue weighted by atomic mass is 35.5. The molecule has 1 aromatic carbocycles. The van der Waals surface area contributed by atoms with E-state index in [9.17, 15) is 4.79 Å². The van der Waals surface area contributed by atoms with Gasteiger partial charge in [-0.2, -0.15) is 5.10 Å². The maximum absolute atomic E-state index is 10.9. The molecule has 0 amide bonds. The molecule has 0 atom stereocenters. The average Bonchev–Trinajstić information content (AvgIpc) is 2.64. The number of nitrogens with zero attached hydrogens (tertiary/aromatic N) is 2. The zero-order valence-electron chi connectivity index (χ0n) is 8.82. The van der Waals surface area contributed by atoms with Crippen molar-refractivity contribution in [2.45, 2.75) is 6.92 Å². The van der Waals surface area contributed by atoms with E-state index in [-0.39, 0.29) is 5.56 Å². The van der Waals surface area contributed by atoms with E-state index in [0.717, 1.165) is 0 Å². The van der Waals surface area contributed by atoms with Crippen LogP contribution in [0.2, 0.25) is 10.0 Å². The van der Waals surface area contributed by atoms with Crippen LogP contribution in [0.5, 0.6) is 0 Å². The van der Waals surface area contributed by atoms with Crippen LogP contribution in [0.3, 0.4) is 0 Å². The van der Waals surface area contributed by atoms with Crippen LogP contribution >= 0.6 is 23.2 Å². The van der Waals surface area contributed by atoms with Crippen molar-refractivity contribution in [2.75, 3.05) is 0 Å². The Bertz CT molecular complexity index is 593. The molecule has 0 aliphatic heterocycles. The Morgan fingerprint density at radius 1 is 1.35 bits per heavy atom. The number of aromatic carboxylic acids is 1. The zero-order chi connectivity index (χ0) is 12.6. The molecule has 2 aromatic rings. The summed E-state index contributed by atoms with van der Waals surface area (Å²) >= 11 is 11.7. The largest absolute Gasteiger partial charge is 0.478 e. The van der Waals surface area contributed by atoms with Crippen molar-refractivity contribution >= 4 is 29.2 Å². The fourth-order valence-corrected chi connectivity index (χ4v) is 1.72. The van der Waals surface area contributed by atoms with Gasteiger partial charge in [-0.1, -0.05) is 23.2 Å². The average molecular weight is 271 g/mol. The van der Waals surface area contributed by atoms with Crippen molar-refractivity contribution in [3.63, 3.8) is 0 Å². The van der Waals surface area contributed by atoms with Gasteiger partial charge in [-0.25, -0.2) is 9.48 Å². The van der Waals surface area contributed by atoms with E-state index in [2.05, 4.69) is 5.10 Å². The van der Waals surface area contributed by atoms with E-state index in [0.29, 0.717) is 21.4 Å². The Hall–Kier alpha value is -1.52. The summed E-state index contributed by atoms with van der Waals surface area (Å²) in [6.45, 7) is 1.64. The van der Waals surface area contributed by atoms with Gasteiger partial charge in [-0.3, -0.25) is 0 Å². The number of hydrogen-bond donors (Lipinski definition) is 1. The van der Waals surface area contributed by atoms with Gasteiger partial charge in [0.15, 0.2) is 0 Å². The van der Waals surface area contributed by atoms with E-state index >= 15 is 0 Å². The first-order valence-electron chi connectivity index (χ1n) is 4.74. The van der Waals surface area contributed by atoms with E-state index in [4.69, 9.17) is 28.3 Å². The van der Waals surface area contributed by atoms with Crippen LogP contribution in [-0.2, 0) is 0 Å². The van der Waals surface area contributed by atoms with Crippen LogP contribution in [-0.4, -0.2) is 20.9 Å². The summed E-state index contributed by atoms with van der Waals surface area (Å²) in [5.41, 5.74) is 1.27. The van der Waals surface area contributed by atoms with Gasteiger partial charge in [0, 0.05) is 6.20 Å². The molecule has 6 heteroatoms. The van der Waals surface area contributed by atoms with Crippen LogP contribution in [0.15, 0.2) is 24.4 Å². The lowest BCUT2D eigenvalue weighted by Gasteiger charge is -2.02. The topological polar surface area (TPSA) is 55.1 Å². The standard InChI is InChI=1S/C11H8Cl2N2O2/c1-6-8(11(16)17)5-15(14-6)7-2-3-9(12)10(13)4-7/h2-5H,1H3,(H,16,17). The molecule has 0 unspecified atom stereocenters. The van der Waals surface area contributed by atoms with Crippen LogP contribution in [0.25, 0.3) is 5.69 Å². The lowest BCUT2D eigenvalue weighted by Crippen LogP contribution is -1.96. The zero-order valence-corrected chi connectivity index (χ0v) is 10.3. The molecular weight excluding hydrogens is 263 g/mol. The van der Waals surface area contributed by atoms with Gasteiger partial charge >= 0.3 is 5.97 Å². The first-order valence-corrected chi connectivity index (χ1v) is 5.49. The van der Waals surface area contributed by atoms with E-state index in [1.807, 2.05) is 0 Å². The number of carboxylic acid groups (broad SMARTS) is 1. The molecule has 0 radical (unpaired) electrons. The van der Waals surface area contributed by atoms with Gasteiger partial charge in [0.05, 0.1) is 21.4 Å². The number of aromatic nitrogens is 2. The Balaban J connectivity index is 2.50. The summed E-state index contributed by atoms with van der Waals surface area (Å²) in [5, 5.41) is 13.9. The molecular formula is C11H8Cl2N2O2. The summed E-state index contributed by atoms with van der Waals surface area (Å²) in [6, 6.07) is 4.98. The SMILES string of the molecule is Cc1nn(-c2ccc(Cl)c(Cl)c2)cc1C(=O)O. The van der Waals surface area contributed by atoms with Gasteiger partial charge < -0.3 is 5.11 Å². The maximum Gasteiger partial charge on any atom is 0.339 e. The molecule has 17 heavy (non-hydrogen) atoms. The molecule has 0 saturated heterocycles. The highest BCUT2D eigenvalue weighted by Gasteiger charge is 2.12. The van der Waals surface area contributed by atoms with E-state index in [1.165, 1.54) is 10.9 Å². The van der Waals surface area contributed by atoms with Gasteiger partial charge in [-0.15, -0.1) is 0 Å². The monoisotopic (exact) mass is 270 g/mol. The number of carbonyl (C=O) groups is 1. The van der Waals surface area contributed by atoms with Crippen molar-refractivity contribution in [2.24, 2.45) is 0 Å². The Morgan fingerprint density at radius 3 is 2.59 bits per heavy atom. The fraction of sp³-hybridized carbons (Fsp3) is 0.0909.